The summed E-state index contributed by atoms with van der Waals surface area (Å²) in [4.78, 5) is 2.48. The van der Waals surface area contributed by atoms with Crippen LogP contribution in [0.4, 0.5) is 0 Å². The molecular weight excluding hydrogens is 216 g/mol. The maximum atomic E-state index is 5.58. The van der Waals surface area contributed by atoms with Gasteiger partial charge in [-0.25, -0.2) is 0 Å². The van der Waals surface area contributed by atoms with Crippen molar-refractivity contribution in [3.8, 4) is 0 Å². The predicted molar refractivity (Wildman–Crippen MR) is 70.4 cm³/mol. The van der Waals surface area contributed by atoms with Crippen molar-refractivity contribution in [2.75, 3.05) is 46.5 Å². The third-order valence-electron chi connectivity index (χ3n) is 3.08. The van der Waals surface area contributed by atoms with Gasteiger partial charge < -0.3 is 14.8 Å². The molecule has 0 bridgehead atoms. The first-order valence-electron chi connectivity index (χ1n) is 6.68. The third-order valence-corrected chi connectivity index (χ3v) is 3.08. The number of rotatable bonds is 7. The summed E-state index contributed by atoms with van der Waals surface area (Å²) in [5.74, 6) is 0.696. The normalized spacial score (nSPS) is 24.2. The van der Waals surface area contributed by atoms with E-state index in [9.17, 15) is 0 Å². The summed E-state index contributed by atoms with van der Waals surface area (Å²) in [6.45, 7) is 12.3. The van der Waals surface area contributed by atoms with Crippen LogP contribution in [-0.2, 0) is 9.47 Å². The largest absolute Gasteiger partial charge is 0.383 e. The van der Waals surface area contributed by atoms with Gasteiger partial charge in [-0.1, -0.05) is 13.8 Å². The molecule has 2 atom stereocenters. The molecule has 0 spiro atoms. The minimum atomic E-state index is 0.341. The fourth-order valence-electron chi connectivity index (χ4n) is 2.20. The van der Waals surface area contributed by atoms with E-state index in [1.54, 1.807) is 7.11 Å². The molecule has 102 valence electrons. The Hall–Kier alpha value is -0.160. The minimum absolute atomic E-state index is 0.341. The van der Waals surface area contributed by atoms with E-state index in [1.165, 1.54) is 0 Å². The molecule has 0 aromatic heterocycles. The van der Waals surface area contributed by atoms with Gasteiger partial charge in [-0.3, -0.25) is 4.90 Å². The summed E-state index contributed by atoms with van der Waals surface area (Å²) in [5, 5.41) is 3.52. The van der Waals surface area contributed by atoms with Gasteiger partial charge in [-0.2, -0.15) is 0 Å². The van der Waals surface area contributed by atoms with Crippen LogP contribution in [0, 0.1) is 5.92 Å². The lowest BCUT2D eigenvalue weighted by molar-refractivity contribution is -0.0450. The Morgan fingerprint density at radius 1 is 1.41 bits per heavy atom. The van der Waals surface area contributed by atoms with E-state index in [1.807, 2.05) is 0 Å². The molecule has 1 aliphatic rings. The smallest absolute Gasteiger partial charge is 0.0674 e. The van der Waals surface area contributed by atoms with Gasteiger partial charge in [0.05, 0.1) is 19.3 Å². The van der Waals surface area contributed by atoms with Crippen LogP contribution in [0.5, 0.6) is 0 Å². The fourth-order valence-corrected chi connectivity index (χ4v) is 2.20. The molecule has 0 aliphatic carbocycles. The quantitative estimate of drug-likeness (QED) is 0.723. The van der Waals surface area contributed by atoms with Crippen molar-refractivity contribution in [3.63, 3.8) is 0 Å². The van der Waals surface area contributed by atoms with Crippen LogP contribution in [-0.4, -0.2) is 63.5 Å². The molecule has 17 heavy (non-hydrogen) atoms. The molecule has 4 nitrogen and oxygen atoms in total. The number of morpholine rings is 1. The standard InChI is InChI=1S/C13H28N2O2/c1-11(2)7-14-8-13(10-16-4)15-5-6-17-12(3)9-15/h11-14H,5-10H2,1-4H3. The van der Waals surface area contributed by atoms with Crippen molar-refractivity contribution in [1.29, 1.82) is 0 Å². The van der Waals surface area contributed by atoms with Crippen molar-refractivity contribution in [2.45, 2.75) is 32.9 Å². The highest BCUT2D eigenvalue weighted by molar-refractivity contribution is 4.78. The first kappa shape index (κ1) is 14.9. The second-order valence-electron chi connectivity index (χ2n) is 5.34. The highest BCUT2D eigenvalue weighted by Crippen LogP contribution is 2.09. The Bertz CT molecular complexity index is 200. The fraction of sp³-hybridized carbons (Fsp3) is 1.00. The molecule has 0 aromatic carbocycles. The molecule has 0 saturated carbocycles. The molecule has 0 aromatic rings. The van der Waals surface area contributed by atoms with Gasteiger partial charge in [0.2, 0.25) is 0 Å². The summed E-state index contributed by atoms with van der Waals surface area (Å²) in [7, 11) is 1.78. The van der Waals surface area contributed by atoms with Crippen LogP contribution in [0.25, 0.3) is 0 Å². The Labute approximate surface area is 106 Å². The van der Waals surface area contributed by atoms with E-state index in [0.29, 0.717) is 18.1 Å². The Morgan fingerprint density at radius 2 is 2.18 bits per heavy atom. The van der Waals surface area contributed by atoms with Gasteiger partial charge >= 0.3 is 0 Å². The van der Waals surface area contributed by atoms with Gasteiger partial charge in [-0.15, -0.1) is 0 Å². The van der Waals surface area contributed by atoms with E-state index in [0.717, 1.165) is 39.4 Å². The summed E-state index contributed by atoms with van der Waals surface area (Å²) in [6.07, 6.45) is 0.341. The SMILES string of the molecule is COCC(CNCC(C)C)N1CCOC(C)C1. The number of hydrogen-bond acceptors (Lipinski definition) is 4. The van der Waals surface area contributed by atoms with Crippen molar-refractivity contribution in [1.82, 2.24) is 10.2 Å². The molecular formula is C13H28N2O2. The Morgan fingerprint density at radius 3 is 2.76 bits per heavy atom. The average molecular weight is 244 g/mol. The second-order valence-corrected chi connectivity index (χ2v) is 5.34. The van der Waals surface area contributed by atoms with Crippen LogP contribution in [0.15, 0.2) is 0 Å². The number of nitrogens with zero attached hydrogens (tertiary/aromatic N) is 1. The predicted octanol–water partition coefficient (Wildman–Crippen LogP) is 0.968. The van der Waals surface area contributed by atoms with E-state index >= 15 is 0 Å². The first-order chi connectivity index (χ1) is 8.13. The first-order valence-corrected chi connectivity index (χ1v) is 6.68. The molecule has 2 unspecified atom stereocenters. The third kappa shape index (κ3) is 5.82. The van der Waals surface area contributed by atoms with Gasteiger partial charge in [0.1, 0.15) is 0 Å². The highest BCUT2D eigenvalue weighted by atomic mass is 16.5. The Kier molecular flexibility index (Phi) is 7.04. The monoisotopic (exact) mass is 244 g/mol. The lowest BCUT2D eigenvalue weighted by Crippen LogP contribution is -2.52. The summed E-state index contributed by atoms with van der Waals surface area (Å²) in [6, 6.07) is 0.463. The van der Waals surface area contributed by atoms with Crippen molar-refractivity contribution < 1.29 is 9.47 Å². The minimum Gasteiger partial charge on any atom is -0.383 e. The van der Waals surface area contributed by atoms with Gasteiger partial charge in [-0.05, 0) is 19.4 Å². The van der Waals surface area contributed by atoms with Gasteiger partial charge in [0, 0.05) is 32.8 Å². The number of nitrogens with one attached hydrogen (secondary N) is 1. The average Bonchev–Trinajstić information content (AvgIpc) is 2.27. The van der Waals surface area contributed by atoms with Crippen LogP contribution in [0.1, 0.15) is 20.8 Å². The number of hydrogen-bond donors (Lipinski definition) is 1. The number of methoxy groups -OCH3 is 1. The zero-order valence-electron chi connectivity index (χ0n) is 11.7. The molecule has 1 saturated heterocycles. The molecule has 0 radical (unpaired) electrons. The summed E-state index contributed by atoms with van der Waals surface area (Å²) in [5.41, 5.74) is 0. The van der Waals surface area contributed by atoms with E-state index < -0.39 is 0 Å². The maximum Gasteiger partial charge on any atom is 0.0674 e. The van der Waals surface area contributed by atoms with Crippen LogP contribution in [0.3, 0.4) is 0 Å². The van der Waals surface area contributed by atoms with E-state index in [4.69, 9.17) is 9.47 Å². The molecule has 1 rings (SSSR count). The molecule has 1 aliphatic heterocycles. The molecule has 0 amide bonds. The zero-order chi connectivity index (χ0) is 12.7. The highest BCUT2D eigenvalue weighted by Gasteiger charge is 2.23. The molecule has 1 fully saturated rings. The van der Waals surface area contributed by atoms with E-state index in [-0.39, 0.29) is 0 Å². The lowest BCUT2D eigenvalue weighted by atomic mass is 10.2. The van der Waals surface area contributed by atoms with Crippen molar-refractivity contribution in [2.24, 2.45) is 5.92 Å². The molecule has 1 heterocycles. The molecule has 1 N–H and O–H groups in total. The van der Waals surface area contributed by atoms with Crippen molar-refractivity contribution in [3.05, 3.63) is 0 Å². The second kappa shape index (κ2) is 8.03. The number of ether oxygens (including phenoxy) is 2. The Balaban J connectivity index is 2.35. The van der Waals surface area contributed by atoms with Gasteiger partial charge in [0.15, 0.2) is 0 Å². The molecule has 4 heteroatoms. The lowest BCUT2D eigenvalue weighted by Gasteiger charge is -2.37. The summed E-state index contributed by atoms with van der Waals surface area (Å²) >= 11 is 0. The van der Waals surface area contributed by atoms with Gasteiger partial charge in [0.25, 0.3) is 0 Å². The topological polar surface area (TPSA) is 33.7 Å². The summed E-state index contributed by atoms with van der Waals surface area (Å²) < 4.78 is 10.9. The van der Waals surface area contributed by atoms with Crippen LogP contribution in [0.2, 0.25) is 0 Å². The van der Waals surface area contributed by atoms with Crippen molar-refractivity contribution >= 4 is 0 Å². The van der Waals surface area contributed by atoms with Crippen LogP contribution < -0.4 is 5.32 Å². The van der Waals surface area contributed by atoms with E-state index in [2.05, 4.69) is 31.0 Å². The zero-order valence-corrected chi connectivity index (χ0v) is 11.7. The van der Waals surface area contributed by atoms with Crippen LogP contribution >= 0.6 is 0 Å². The maximum absolute atomic E-state index is 5.58.